The number of carbonyl (C=O) groups excluding carboxylic acids is 2. The van der Waals surface area contributed by atoms with Crippen molar-refractivity contribution in [1.29, 1.82) is 0 Å². The highest BCUT2D eigenvalue weighted by atomic mass is 35.5. The minimum Gasteiger partial charge on any atom is -0.495 e. The summed E-state index contributed by atoms with van der Waals surface area (Å²) in [5.74, 6) is -5.19. The molecular weight excluding hydrogens is 411 g/mol. The molecule has 2 aromatic carbocycles. The molecule has 0 saturated carbocycles. The van der Waals surface area contributed by atoms with Crippen LogP contribution in [0.1, 0.15) is 5.56 Å². The third-order valence-corrected chi connectivity index (χ3v) is 4.40. The summed E-state index contributed by atoms with van der Waals surface area (Å²) in [6, 6.07) is 4.86. The number of aryl methyl sites for hydroxylation is 1. The van der Waals surface area contributed by atoms with E-state index in [0.717, 1.165) is 11.6 Å². The minimum absolute atomic E-state index is 0.0848. The molecule has 0 fully saturated rings. The van der Waals surface area contributed by atoms with Crippen molar-refractivity contribution in [3.05, 3.63) is 52.3 Å². The molecule has 0 spiro atoms. The average molecular weight is 431 g/mol. The van der Waals surface area contributed by atoms with Gasteiger partial charge in [-0.05, 0) is 30.7 Å². The lowest BCUT2D eigenvalue weighted by atomic mass is 10.2. The third-order valence-electron chi connectivity index (χ3n) is 3.99. The summed E-state index contributed by atoms with van der Waals surface area (Å²) < 4.78 is 45.0. The van der Waals surface area contributed by atoms with Crippen LogP contribution < -0.4 is 20.3 Å². The largest absolute Gasteiger partial charge is 0.495 e. The number of halogens is 4. The van der Waals surface area contributed by atoms with Crippen LogP contribution in [0.15, 0.2) is 24.3 Å². The number of ether oxygens (including phenoxy) is 1. The van der Waals surface area contributed by atoms with E-state index in [0.29, 0.717) is 27.4 Å². The quantitative estimate of drug-likeness (QED) is 0.590. The van der Waals surface area contributed by atoms with E-state index in [-0.39, 0.29) is 13.1 Å². The second-order valence-electron chi connectivity index (χ2n) is 6.43. The van der Waals surface area contributed by atoms with Gasteiger partial charge in [-0.1, -0.05) is 11.6 Å². The normalized spacial score (nSPS) is 11.7. The molecule has 156 valence electrons. The topological polar surface area (TPSA) is 71.9 Å². The number of benzene rings is 2. The highest BCUT2D eigenvalue weighted by molar-refractivity contribution is 6.31. The van der Waals surface area contributed by atoms with Crippen molar-refractivity contribution in [3.8, 4) is 5.75 Å². The molecule has 3 N–H and O–H groups in total. The van der Waals surface area contributed by atoms with Crippen molar-refractivity contribution in [3.63, 3.8) is 0 Å². The standard InChI is InChI=1S/C19H19ClF3N3O3/c1-10-6-14(15(29-3)7-11(10)20)25-17(28)9-26(2)8-16(27)24-13-5-4-12(21)18(22)19(13)23/h4-7H,8-9H2,1-3H3,(H,24,27)(H,25,28)/p+1. The Labute approximate surface area is 170 Å². The number of anilines is 2. The van der Waals surface area contributed by atoms with Gasteiger partial charge in [-0.25, -0.2) is 13.2 Å². The van der Waals surface area contributed by atoms with Gasteiger partial charge < -0.3 is 20.3 Å². The Morgan fingerprint density at radius 1 is 1.03 bits per heavy atom. The molecule has 0 aliphatic heterocycles. The number of quaternary nitrogens is 1. The molecule has 0 saturated heterocycles. The molecule has 0 heterocycles. The number of amides is 2. The Morgan fingerprint density at radius 2 is 1.62 bits per heavy atom. The zero-order chi connectivity index (χ0) is 21.7. The van der Waals surface area contributed by atoms with Crippen molar-refractivity contribution in [2.75, 3.05) is 37.9 Å². The maximum Gasteiger partial charge on any atom is 0.279 e. The van der Waals surface area contributed by atoms with Crippen LogP contribution in [0.25, 0.3) is 0 Å². The Bertz CT molecular complexity index is 941. The van der Waals surface area contributed by atoms with Gasteiger partial charge in [0.05, 0.1) is 25.5 Å². The lowest BCUT2D eigenvalue weighted by Gasteiger charge is -2.16. The zero-order valence-electron chi connectivity index (χ0n) is 16.0. The van der Waals surface area contributed by atoms with Crippen LogP contribution in [0.5, 0.6) is 5.75 Å². The molecule has 1 unspecified atom stereocenters. The first-order valence-electron chi connectivity index (χ1n) is 8.51. The molecule has 2 amide bonds. The Morgan fingerprint density at radius 3 is 2.21 bits per heavy atom. The summed E-state index contributed by atoms with van der Waals surface area (Å²) in [6.07, 6.45) is 0. The van der Waals surface area contributed by atoms with E-state index in [4.69, 9.17) is 16.3 Å². The first-order valence-corrected chi connectivity index (χ1v) is 8.88. The van der Waals surface area contributed by atoms with Gasteiger partial charge in [-0.15, -0.1) is 0 Å². The monoisotopic (exact) mass is 430 g/mol. The highest BCUT2D eigenvalue weighted by Crippen LogP contribution is 2.30. The number of methoxy groups -OCH3 is 1. The molecule has 10 heteroatoms. The Balaban J connectivity index is 1.94. The first kappa shape index (κ1) is 22.5. The SMILES string of the molecule is COc1cc(Cl)c(C)cc1NC(=O)C[NH+](C)CC(=O)Nc1ccc(F)c(F)c1F. The highest BCUT2D eigenvalue weighted by Gasteiger charge is 2.19. The van der Waals surface area contributed by atoms with Crippen LogP contribution in [-0.4, -0.2) is 39.1 Å². The van der Waals surface area contributed by atoms with Crippen LogP contribution >= 0.6 is 11.6 Å². The smallest absolute Gasteiger partial charge is 0.279 e. The minimum atomic E-state index is -1.67. The van der Waals surface area contributed by atoms with Gasteiger partial charge in [-0.3, -0.25) is 9.59 Å². The molecule has 29 heavy (non-hydrogen) atoms. The van der Waals surface area contributed by atoms with Gasteiger partial charge in [0, 0.05) is 11.1 Å². The fourth-order valence-electron chi connectivity index (χ4n) is 2.55. The number of nitrogens with one attached hydrogen (secondary N) is 3. The predicted octanol–water partition coefficient (Wildman–Crippen LogP) is 2.17. The molecule has 2 aromatic rings. The fourth-order valence-corrected chi connectivity index (χ4v) is 2.71. The Hall–Kier alpha value is -2.78. The number of hydrogen-bond donors (Lipinski definition) is 3. The lowest BCUT2D eigenvalue weighted by Crippen LogP contribution is -3.11. The van der Waals surface area contributed by atoms with Crippen molar-refractivity contribution < 1.29 is 32.4 Å². The molecule has 2 rings (SSSR count). The number of rotatable bonds is 7. The van der Waals surface area contributed by atoms with Crippen molar-refractivity contribution >= 4 is 34.8 Å². The lowest BCUT2D eigenvalue weighted by molar-refractivity contribution is -0.862. The van der Waals surface area contributed by atoms with Crippen LogP contribution in [-0.2, 0) is 9.59 Å². The van der Waals surface area contributed by atoms with Crippen molar-refractivity contribution in [1.82, 2.24) is 0 Å². The average Bonchev–Trinajstić information content (AvgIpc) is 2.64. The maximum atomic E-state index is 13.6. The van der Waals surface area contributed by atoms with E-state index in [2.05, 4.69) is 10.6 Å². The summed E-state index contributed by atoms with van der Waals surface area (Å²) in [7, 11) is 3.01. The first-order chi connectivity index (χ1) is 13.6. The van der Waals surface area contributed by atoms with Gasteiger partial charge in [0.15, 0.2) is 30.5 Å². The molecule has 0 aliphatic carbocycles. The van der Waals surface area contributed by atoms with Crippen LogP contribution in [0, 0.1) is 24.4 Å². The molecule has 0 aromatic heterocycles. The molecular formula is C19H20ClF3N3O3+. The summed E-state index contributed by atoms with van der Waals surface area (Å²) in [4.78, 5) is 24.8. The summed E-state index contributed by atoms with van der Waals surface area (Å²) in [5, 5.41) is 5.33. The second-order valence-corrected chi connectivity index (χ2v) is 6.84. The fraction of sp³-hybridized carbons (Fsp3) is 0.263. The molecule has 0 radical (unpaired) electrons. The molecule has 0 aliphatic rings. The zero-order valence-corrected chi connectivity index (χ0v) is 16.7. The van der Waals surface area contributed by atoms with Gasteiger partial charge in [0.2, 0.25) is 0 Å². The molecule has 0 bridgehead atoms. The van der Waals surface area contributed by atoms with E-state index >= 15 is 0 Å². The van der Waals surface area contributed by atoms with Crippen LogP contribution in [0.4, 0.5) is 24.5 Å². The summed E-state index contributed by atoms with van der Waals surface area (Å²) in [6.45, 7) is 1.48. The van der Waals surface area contributed by atoms with Gasteiger partial charge in [-0.2, -0.15) is 0 Å². The maximum absolute atomic E-state index is 13.6. The van der Waals surface area contributed by atoms with Gasteiger partial charge in [0.1, 0.15) is 5.75 Å². The van der Waals surface area contributed by atoms with E-state index < -0.39 is 35.0 Å². The van der Waals surface area contributed by atoms with E-state index in [1.165, 1.54) is 7.11 Å². The molecule has 1 atom stereocenters. The third kappa shape index (κ3) is 5.85. The molecule has 6 nitrogen and oxygen atoms in total. The van der Waals surface area contributed by atoms with Crippen LogP contribution in [0.2, 0.25) is 5.02 Å². The van der Waals surface area contributed by atoms with Crippen molar-refractivity contribution in [2.45, 2.75) is 6.92 Å². The number of likely N-dealkylation sites (N-methyl/N-ethyl adjacent to an activating group) is 1. The van der Waals surface area contributed by atoms with Crippen molar-refractivity contribution in [2.24, 2.45) is 0 Å². The van der Waals surface area contributed by atoms with Gasteiger partial charge >= 0.3 is 0 Å². The Kier molecular flexibility index (Phi) is 7.46. The van der Waals surface area contributed by atoms with E-state index in [1.807, 2.05) is 0 Å². The predicted molar refractivity (Wildman–Crippen MR) is 103 cm³/mol. The summed E-state index contributed by atoms with van der Waals surface area (Å²) >= 11 is 6.03. The number of carbonyl (C=O) groups is 2. The van der Waals surface area contributed by atoms with Crippen LogP contribution in [0.3, 0.4) is 0 Å². The van der Waals surface area contributed by atoms with E-state index in [1.54, 1.807) is 26.1 Å². The second kappa shape index (κ2) is 9.62. The van der Waals surface area contributed by atoms with Gasteiger partial charge in [0.25, 0.3) is 11.8 Å². The summed E-state index contributed by atoms with van der Waals surface area (Å²) in [5.41, 5.74) is 0.699. The number of hydrogen-bond acceptors (Lipinski definition) is 3. The van der Waals surface area contributed by atoms with E-state index in [9.17, 15) is 22.8 Å².